The van der Waals surface area contributed by atoms with Crippen molar-refractivity contribution in [2.75, 3.05) is 0 Å². The van der Waals surface area contributed by atoms with Gasteiger partial charge in [-0.15, -0.1) is 13.2 Å². The van der Waals surface area contributed by atoms with Crippen LogP contribution in [0.5, 0.6) is 11.5 Å². The summed E-state index contributed by atoms with van der Waals surface area (Å²) in [5.74, 6) is 0.178. The van der Waals surface area contributed by atoms with E-state index < -0.39 is 6.36 Å². The van der Waals surface area contributed by atoms with Crippen molar-refractivity contribution in [3.63, 3.8) is 0 Å². The summed E-state index contributed by atoms with van der Waals surface area (Å²) >= 11 is 0. The van der Waals surface area contributed by atoms with Crippen LogP contribution in [0.3, 0.4) is 0 Å². The number of halogens is 3. The highest BCUT2D eigenvalue weighted by atomic mass is 19.4. The quantitative estimate of drug-likeness (QED) is 0.301. The average Bonchev–Trinajstić information content (AvgIpc) is 2.75. The van der Waals surface area contributed by atoms with Gasteiger partial charge in [-0.3, -0.25) is 4.79 Å². The molecule has 0 spiro atoms. The van der Waals surface area contributed by atoms with E-state index in [0.717, 1.165) is 63.5 Å². The lowest BCUT2D eigenvalue weighted by Gasteiger charge is -2.37. The number of hydrogen-bond donors (Lipinski definition) is 0. The van der Waals surface area contributed by atoms with Gasteiger partial charge in [-0.1, -0.05) is 6.08 Å². The Morgan fingerprint density at radius 1 is 0.875 bits per heavy atom. The first-order valence-corrected chi connectivity index (χ1v) is 11.1. The first kappa shape index (κ1) is 24.1. The molecule has 8 heteroatoms. The summed E-state index contributed by atoms with van der Waals surface area (Å²) in [6.45, 7) is 1.79. The zero-order valence-corrected chi connectivity index (χ0v) is 18.1. The summed E-state index contributed by atoms with van der Waals surface area (Å²) in [7, 11) is 0. The molecule has 2 saturated carbocycles. The molecular weight excluding hydrogens is 425 g/mol. The van der Waals surface area contributed by atoms with E-state index in [1.54, 1.807) is 13.0 Å². The standard InChI is InChI=1S/C24H29F3O5/c1-2-3-22(28)30-19-10-8-17(9-11-19)16-4-6-18(7-5-16)23(29)31-20-12-14-21(15-13-20)32-24(25,26)27/h2-3,12-19H,4-11H2,1H3/b3-2+. The first-order chi connectivity index (χ1) is 15.2. The Morgan fingerprint density at radius 3 is 1.94 bits per heavy atom. The fourth-order valence-electron chi connectivity index (χ4n) is 4.75. The van der Waals surface area contributed by atoms with Gasteiger partial charge in [0.15, 0.2) is 0 Å². The normalized spacial score (nSPS) is 26.5. The molecule has 32 heavy (non-hydrogen) atoms. The van der Waals surface area contributed by atoms with E-state index in [0.29, 0.717) is 11.8 Å². The molecule has 2 fully saturated rings. The number of carbonyl (C=O) groups is 2. The van der Waals surface area contributed by atoms with Crippen LogP contribution in [0.4, 0.5) is 13.2 Å². The van der Waals surface area contributed by atoms with Gasteiger partial charge in [-0.05, 0) is 94.4 Å². The predicted octanol–water partition coefficient (Wildman–Crippen LogP) is 5.98. The van der Waals surface area contributed by atoms with Gasteiger partial charge < -0.3 is 14.2 Å². The summed E-state index contributed by atoms with van der Waals surface area (Å²) < 4.78 is 51.3. The van der Waals surface area contributed by atoms with Crippen LogP contribution < -0.4 is 9.47 Å². The van der Waals surface area contributed by atoms with Crippen LogP contribution in [0.2, 0.25) is 0 Å². The number of rotatable bonds is 6. The predicted molar refractivity (Wildman–Crippen MR) is 111 cm³/mol. The SMILES string of the molecule is C/C=C/C(=O)OC1CCC(C2CCC(C(=O)Oc3ccc(OC(F)(F)F)cc3)CC2)CC1. The Kier molecular flexibility index (Phi) is 8.21. The number of ether oxygens (including phenoxy) is 3. The molecule has 0 amide bonds. The van der Waals surface area contributed by atoms with Gasteiger partial charge in [0.1, 0.15) is 17.6 Å². The lowest BCUT2D eigenvalue weighted by molar-refractivity contribution is -0.274. The van der Waals surface area contributed by atoms with E-state index in [1.165, 1.54) is 18.2 Å². The molecule has 2 aliphatic rings. The summed E-state index contributed by atoms with van der Waals surface area (Å²) in [6, 6.07) is 4.84. The highest BCUT2D eigenvalue weighted by Gasteiger charge is 2.34. The van der Waals surface area contributed by atoms with Crippen LogP contribution in [0.1, 0.15) is 58.3 Å². The number of esters is 2. The second-order valence-corrected chi connectivity index (χ2v) is 8.53. The molecule has 176 valence electrons. The van der Waals surface area contributed by atoms with Crippen molar-refractivity contribution in [2.45, 2.75) is 70.8 Å². The molecule has 5 nitrogen and oxygen atoms in total. The van der Waals surface area contributed by atoms with Crippen LogP contribution in [0, 0.1) is 17.8 Å². The third kappa shape index (κ3) is 7.28. The van der Waals surface area contributed by atoms with Crippen molar-refractivity contribution >= 4 is 11.9 Å². The number of carbonyl (C=O) groups excluding carboxylic acids is 2. The van der Waals surface area contributed by atoms with Crippen LogP contribution in [0.25, 0.3) is 0 Å². The van der Waals surface area contributed by atoms with E-state index in [-0.39, 0.29) is 35.5 Å². The maximum absolute atomic E-state index is 12.5. The second kappa shape index (κ2) is 10.9. The van der Waals surface area contributed by atoms with Crippen LogP contribution in [0.15, 0.2) is 36.4 Å². The summed E-state index contributed by atoms with van der Waals surface area (Å²) in [6.07, 6.45) is 5.56. The number of allylic oxidation sites excluding steroid dienone is 1. The summed E-state index contributed by atoms with van der Waals surface area (Å²) in [5.41, 5.74) is 0. The van der Waals surface area contributed by atoms with Crippen LogP contribution >= 0.6 is 0 Å². The monoisotopic (exact) mass is 454 g/mol. The molecule has 0 bridgehead atoms. The van der Waals surface area contributed by atoms with E-state index in [2.05, 4.69) is 4.74 Å². The zero-order valence-electron chi connectivity index (χ0n) is 18.1. The maximum atomic E-state index is 12.5. The molecule has 0 aromatic heterocycles. The van der Waals surface area contributed by atoms with Crippen molar-refractivity contribution in [2.24, 2.45) is 17.8 Å². The second-order valence-electron chi connectivity index (χ2n) is 8.53. The topological polar surface area (TPSA) is 61.8 Å². The molecule has 1 aromatic rings. The molecule has 2 aliphatic carbocycles. The fraction of sp³-hybridized carbons (Fsp3) is 0.583. The lowest BCUT2D eigenvalue weighted by atomic mass is 9.70. The molecule has 0 atom stereocenters. The molecule has 0 radical (unpaired) electrons. The first-order valence-electron chi connectivity index (χ1n) is 11.1. The van der Waals surface area contributed by atoms with Gasteiger partial charge >= 0.3 is 18.3 Å². The molecule has 3 rings (SSSR count). The third-order valence-corrected chi connectivity index (χ3v) is 6.35. The smallest absolute Gasteiger partial charge is 0.459 e. The Balaban J connectivity index is 1.40. The lowest BCUT2D eigenvalue weighted by Crippen LogP contribution is -2.31. The van der Waals surface area contributed by atoms with Gasteiger partial charge in [0.05, 0.1) is 5.92 Å². The highest BCUT2D eigenvalue weighted by molar-refractivity contribution is 5.81. The van der Waals surface area contributed by atoms with E-state index >= 15 is 0 Å². The minimum absolute atomic E-state index is 0.00538. The Labute approximate surface area is 185 Å². The van der Waals surface area contributed by atoms with Gasteiger partial charge in [-0.2, -0.15) is 0 Å². The molecule has 0 N–H and O–H groups in total. The van der Waals surface area contributed by atoms with E-state index in [9.17, 15) is 22.8 Å². The molecule has 0 saturated heterocycles. The summed E-state index contributed by atoms with van der Waals surface area (Å²) in [4.78, 5) is 24.1. The molecule has 1 aromatic carbocycles. The molecule has 0 unspecified atom stereocenters. The summed E-state index contributed by atoms with van der Waals surface area (Å²) in [5, 5.41) is 0. The van der Waals surface area contributed by atoms with Gasteiger partial charge in [0.25, 0.3) is 0 Å². The highest BCUT2D eigenvalue weighted by Crippen LogP contribution is 2.41. The number of benzene rings is 1. The number of alkyl halides is 3. The largest absolute Gasteiger partial charge is 0.573 e. The maximum Gasteiger partial charge on any atom is 0.573 e. The molecule has 0 heterocycles. The van der Waals surface area contributed by atoms with Crippen molar-refractivity contribution < 1.29 is 37.0 Å². The van der Waals surface area contributed by atoms with Crippen molar-refractivity contribution in [1.82, 2.24) is 0 Å². The Morgan fingerprint density at radius 2 is 1.41 bits per heavy atom. The fourth-order valence-corrected chi connectivity index (χ4v) is 4.75. The van der Waals surface area contributed by atoms with E-state index in [1.807, 2.05) is 0 Å². The average molecular weight is 454 g/mol. The van der Waals surface area contributed by atoms with Crippen LogP contribution in [-0.2, 0) is 14.3 Å². The van der Waals surface area contributed by atoms with Gasteiger partial charge in [0.2, 0.25) is 0 Å². The van der Waals surface area contributed by atoms with Crippen molar-refractivity contribution in [3.05, 3.63) is 36.4 Å². The third-order valence-electron chi connectivity index (χ3n) is 6.35. The number of hydrogen-bond acceptors (Lipinski definition) is 5. The molecular formula is C24H29F3O5. The minimum Gasteiger partial charge on any atom is -0.459 e. The Hall–Kier alpha value is -2.51. The van der Waals surface area contributed by atoms with Crippen LogP contribution in [-0.4, -0.2) is 24.4 Å². The van der Waals surface area contributed by atoms with Gasteiger partial charge in [-0.25, -0.2) is 4.79 Å². The molecule has 0 aliphatic heterocycles. The van der Waals surface area contributed by atoms with Gasteiger partial charge in [0, 0.05) is 6.08 Å². The van der Waals surface area contributed by atoms with Crippen molar-refractivity contribution in [1.29, 1.82) is 0 Å². The Bertz CT molecular complexity index is 787. The van der Waals surface area contributed by atoms with Crippen molar-refractivity contribution in [3.8, 4) is 11.5 Å². The zero-order chi connectivity index (χ0) is 23.1. The minimum atomic E-state index is -4.76. The van der Waals surface area contributed by atoms with E-state index in [4.69, 9.17) is 9.47 Å².